The van der Waals surface area contributed by atoms with Crippen LogP contribution in [0.3, 0.4) is 0 Å². The number of aromatic hydroxyl groups is 1. The maximum absolute atomic E-state index is 12.4. The molecule has 3 aromatic rings. The zero-order valence-corrected chi connectivity index (χ0v) is 13.9. The van der Waals surface area contributed by atoms with E-state index in [-0.39, 0.29) is 5.56 Å². The van der Waals surface area contributed by atoms with Gasteiger partial charge >= 0.3 is 0 Å². The van der Waals surface area contributed by atoms with Gasteiger partial charge in [-0.25, -0.2) is 5.43 Å². The number of carbonyl (C=O) groups excluding carboxylic acids is 1. The summed E-state index contributed by atoms with van der Waals surface area (Å²) < 4.78 is 1.29. The molecule has 0 atom stereocenters. The first kappa shape index (κ1) is 16.7. The van der Waals surface area contributed by atoms with Gasteiger partial charge in [0.2, 0.25) is 5.88 Å². The number of aromatic nitrogens is 2. The summed E-state index contributed by atoms with van der Waals surface area (Å²) in [5, 5.41) is 14.2. The van der Waals surface area contributed by atoms with Gasteiger partial charge in [0.25, 0.3) is 11.5 Å². The Balaban J connectivity index is 1.86. The van der Waals surface area contributed by atoms with Crippen LogP contribution in [0.5, 0.6) is 5.88 Å². The van der Waals surface area contributed by atoms with Crippen LogP contribution < -0.4 is 11.0 Å². The number of hydrazone groups is 1. The molecule has 0 saturated heterocycles. The van der Waals surface area contributed by atoms with E-state index in [9.17, 15) is 14.7 Å². The second-order valence-electron chi connectivity index (χ2n) is 5.29. The van der Waals surface area contributed by atoms with E-state index in [0.717, 1.165) is 11.8 Å². The molecule has 0 fully saturated rings. The number of rotatable bonds is 3. The quantitative estimate of drug-likeness (QED) is 0.555. The maximum atomic E-state index is 12.4. The minimum Gasteiger partial charge on any atom is -0.493 e. The van der Waals surface area contributed by atoms with E-state index < -0.39 is 17.3 Å². The van der Waals surface area contributed by atoms with Crippen molar-refractivity contribution in [2.45, 2.75) is 6.92 Å². The molecule has 7 nitrogen and oxygen atoms in total. The average Bonchev–Trinajstić information content (AvgIpc) is 2.58. The van der Waals surface area contributed by atoms with E-state index in [4.69, 9.17) is 11.6 Å². The molecule has 2 heterocycles. The highest BCUT2D eigenvalue weighted by molar-refractivity contribution is 6.30. The Hall–Kier alpha value is -3.19. The van der Waals surface area contributed by atoms with Gasteiger partial charge in [0.05, 0.1) is 6.21 Å². The summed E-state index contributed by atoms with van der Waals surface area (Å²) >= 11 is 5.76. The highest BCUT2D eigenvalue weighted by Gasteiger charge is 2.10. The normalized spacial score (nSPS) is 11.1. The number of benzene rings is 1. The van der Waals surface area contributed by atoms with Crippen LogP contribution in [0.4, 0.5) is 0 Å². The molecule has 25 heavy (non-hydrogen) atoms. The Bertz CT molecular complexity index is 1040. The van der Waals surface area contributed by atoms with Gasteiger partial charge in [-0.3, -0.25) is 14.0 Å². The van der Waals surface area contributed by atoms with Crippen molar-refractivity contribution in [1.29, 1.82) is 0 Å². The van der Waals surface area contributed by atoms with E-state index in [2.05, 4.69) is 15.5 Å². The molecule has 0 aliphatic heterocycles. The standard InChI is InChI=1S/C17H13ClN4O3/c1-10-6-7-22-14(8-10)20-16(24)13(17(22)25)9-19-21-15(23)11-2-4-12(18)5-3-11/h2-9,24H,1H3,(H,21,23). The zero-order valence-electron chi connectivity index (χ0n) is 13.1. The van der Waals surface area contributed by atoms with Crippen molar-refractivity contribution in [2.24, 2.45) is 5.10 Å². The Kier molecular flexibility index (Phi) is 4.49. The lowest BCUT2D eigenvalue weighted by molar-refractivity contribution is 0.0955. The summed E-state index contributed by atoms with van der Waals surface area (Å²) in [5.74, 6) is -0.933. The molecule has 0 saturated carbocycles. The van der Waals surface area contributed by atoms with Crippen molar-refractivity contribution < 1.29 is 9.90 Å². The predicted molar refractivity (Wildman–Crippen MR) is 94.4 cm³/mol. The summed E-state index contributed by atoms with van der Waals surface area (Å²) in [7, 11) is 0. The lowest BCUT2D eigenvalue weighted by Crippen LogP contribution is -2.22. The second kappa shape index (κ2) is 6.74. The van der Waals surface area contributed by atoms with E-state index in [1.165, 1.54) is 4.40 Å². The van der Waals surface area contributed by atoms with E-state index in [1.54, 1.807) is 42.6 Å². The molecule has 1 aromatic carbocycles. The average molecular weight is 357 g/mol. The van der Waals surface area contributed by atoms with Crippen LogP contribution in [0.2, 0.25) is 5.02 Å². The van der Waals surface area contributed by atoms with Crippen molar-refractivity contribution in [1.82, 2.24) is 14.8 Å². The van der Waals surface area contributed by atoms with Crippen molar-refractivity contribution in [2.75, 3.05) is 0 Å². The molecule has 1 amide bonds. The van der Waals surface area contributed by atoms with Crippen LogP contribution in [0.1, 0.15) is 21.5 Å². The van der Waals surface area contributed by atoms with Crippen molar-refractivity contribution in [3.05, 3.63) is 74.7 Å². The lowest BCUT2D eigenvalue weighted by Gasteiger charge is -2.04. The van der Waals surface area contributed by atoms with Gasteiger partial charge < -0.3 is 5.11 Å². The zero-order chi connectivity index (χ0) is 18.0. The lowest BCUT2D eigenvalue weighted by atomic mass is 10.2. The number of pyridine rings is 1. The molecule has 2 N–H and O–H groups in total. The maximum Gasteiger partial charge on any atom is 0.271 e. The molecule has 3 rings (SSSR count). The summed E-state index contributed by atoms with van der Waals surface area (Å²) in [4.78, 5) is 28.3. The number of nitrogens with one attached hydrogen (secondary N) is 1. The van der Waals surface area contributed by atoms with Gasteiger partial charge in [0, 0.05) is 16.8 Å². The number of nitrogens with zero attached hydrogens (tertiary/aromatic N) is 3. The molecule has 0 aliphatic rings. The molecule has 0 bridgehead atoms. The van der Waals surface area contributed by atoms with Crippen molar-refractivity contribution in [3.63, 3.8) is 0 Å². The third-order valence-electron chi connectivity index (χ3n) is 3.47. The summed E-state index contributed by atoms with van der Waals surface area (Å²) in [6.07, 6.45) is 2.62. The molecule has 0 radical (unpaired) electrons. The van der Waals surface area contributed by atoms with Crippen LogP contribution in [-0.2, 0) is 0 Å². The Morgan fingerprint density at radius 1 is 1.32 bits per heavy atom. The largest absolute Gasteiger partial charge is 0.493 e. The Morgan fingerprint density at radius 3 is 2.76 bits per heavy atom. The number of hydrogen-bond donors (Lipinski definition) is 2. The van der Waals surface area contributed by atoms with Gasteiger partial charge in [-0.2, -0.15) is 10.1 Å². The SMILES string of the molecule is Cc1ccn2c(=O)c(C=NNC(=O)c3ccc(Cl)cc3)c(O)nc2c1. The third-order valence-corrected chi connectivity index (χ3v) is 3.72. The number of fused-ring (bicyclic) bond motifs is 1. The molecule has 2 aromatic heterocycles. The first-order valence-electron chi connectivity index (χ1n) is 7.26. The minimum atomic E-state index is -0.494. The monoisotopic (exact) mass is 356 g/mol. The molecule has 0 spiro atoms. The minimum absolute atomic E-state index is 0.127. The molecule has 0 unspecified atom stereocenters. The van der Waals surface area contributed by atoms with Crippen LogP contribution in [-0.4, -0.2) is 26.6 Å². The Labute approximate surface area is 147 Å². The van der Waals surface area contributed by atoms with Gasteiger partial charge in [-0.15, -0.1) is 0 Å². The number of halogens is 1. The highest BCUT2D eigenvalue weighted by Crippen LogP contribution is 2.11. The van der Waals surface area contributed by atoms with Gasteiger partial charge in [0.1, 0.15) is 11.2 Å². The topological polar surface area (TPSA) is 96.1 Å². The second-order valence-corrected chi connectivity index (χ2v) is 5.73. The van der Waals surface area contributed by atoms with E-state index in [0.29, 0.717) is 16.2 Å². The number of hydrogen-bond acceptors (Lipinski definition) is 5. The highest BCUT2D eigenvalue weighted by atomic mass is 35.5. The molecule has 0 aliphatic carbocycles. The van der Waals surface area contributed by atoms with E-state index >= 15 is 0 Å². The summed E-state index contributed by atoms with van der Waals surface area (Å²) in [6, 6.07) is 9.65. The van der Waals surface area contributed by atoms with Crippen LogP contribution in [0, 0.1) is 6.92 Å². The van der Waals surface area contributed by atoms with Crippen LogP contribution >= 0.6 is 11.6 Å². The first-order chi connectivity index (χ1) is 12.0. The molecule has 126 valence electrons. The number of carbonyl (C=O) groups is 1. The fourth-order valence-corrected chi connectivity index (χ4v) is 2.30. The summed E-state index contributed by atoms with van der Waals surface area (Å²) in [5.41, 5.74) is 3.24. The van der Waals surface area contributed by atoms with Crippen LogP contribution in [0.25, 0.3) is 5.65 Å². The molecular weight excluding hydrogens is 344 g/mol. The first-order valence-corrected chi connectivity index (χ1v) is 7.64. The molecule has 8 heteroatoms. The molecular formula is C17H13ClN4O3. The van der Waals surface area contributed by atoms with Gasteiger partial charge in [-0.05, 0) is 48.9 Å². The van der Waals surface area contributed by atoms with Crippen LogP contribution in [0.15, 0.2) is 52.5 Å². The van der Waals surface area contributed by atoms with Gasteiger partial charge in [-0.1, -0.05) is 11.6 Å². The number of aryl methyl sites for hydroxylation is 1. The van der Waals surface area contributed by atoms with Gasteiger partial charge in [0.15, 0.2) is 0 Å². The van der Waals surface area contributed by atoms with E-state index in [1.807, 2.05) is 6.92 Å². The third kappa shape index (κ3) is 3.51. The smallest absolute Gasteiger partial charge is 0.271 e. The number of amides is 1. The predicted octanol–water partition coefficient (Wildman–Crippen LogP) is 2.13. The van der Waals surface area contributed by atoms with Crippen molar-refractivity contribution in [3.8, 4) is 5.88 Å². The fraction of sp³-hybridized carbons (Fsp3) is 0.0588. The Morgan fingerprint density at radius 2 is 2.04 bits per heavy atom. The summed E-state index contributed by atoms with van der Waals surface area (Å²) in [6.45, 7) is 1.85. The fourth-order valence-electron chi connectivity index (χ4n) is 2.18. The van der Waals surface area contributed by atoms with Crippen molar-refractivity contribution >= 4 is 29.4 Å².